The van der Waals surface area contributed by atoms with Gasteiger partial charge in [0.05, 0.1) is 11.2 Å². The van der Waals surface area contributed by atoms with Gasteiger partial charge >= 0.3 is 6.43 Å². The van der Waals surface area contributed by atoms with E-state index in [1.807, 2.05) is 6.92 Å². The van der Waals surface area contributed by atoms with E-state index in [9.17, 15) is 17.2 Å². The number of rotatable bonds is 6. The predicted molar refractivity (Wildman–Crippen MR) is 118 cm³/mol. The number of sulfonamides is 1. The van der Waals surface area contributed by atoms with Crippen LogP contribution < -0.4 is 14.9 Å². The van der Waals surface area contributed by atoms with Crippen LogP contribution >= 0.6 is 0 Å². The van der Waals surface area contributed by atoms with Crippen molar-refractivity contribution in [3.05, 3.63) is 30.3 Å². The number of halogens is 2. The van der Waals surface area contributed by atoms with E-state index in [2.05, 4.69) is 39.0 Å². The van der Waals surface area contributed by atoms with E-state index in [1.165, 1.54) is 6.20 Å². The summed E-state index contributed by atoms with van der Waals surface area (Å²) in [5, 5.41) is 10.6. The normalized spacial score (nSPS) is 22.9. The third kappa shape index (κ3) is 4.22. The van der Waals surface area contributed by atoms with E-state index < -0.39 is 27.9 Å². The average Bonchev–Trinajstić information content (AvgIpc) is 3.14. The van der Waals surface area contributed by atoms with Crippen molar-refractivity contribution in [1.29, 1.82) is 0 Å². The highest BCUT2D eigenvalue weighted by Gasteiger charge is 2.41. The van der Waals surface area contributed by atoms with E-state index in [4.69, 9.17) is 4.42 Å². The summed E-state index contributed by atoms with van der Waals surface area (Å²) in [6, 6.07) is 5.56. The van der Waals surface area contributed by atoms with Crippen molar-refractivity contribution in [2.24, 2.45) is 0 Å². The number of nitrogens with zero attached hydrogens (tertiary/aromatic N) is 4. The Morgan fingerprint density at radius 1 is 1.21 bits per heavy atom. The lowest BCUT2D eigenvalue weighted by atomic mass is 10.1. The number of fused-ring (bicyclic) bond motifs is 1. The Kier molecular flexibility index (Phi) is 5.22. The average molecular weight is 481 g/mol. The first kappa shape index (κ1) is 22.2. The molecule has 2 atom stereocenters. The summed E-state index contributed by atoms with van der Waals surface area (Å²) in [6.07, 6.45) is 0.142. The van der Waals surface area contributed by atoms with Crippen molar-refractivity contribution in [3.63, 3.8) is 0 Å². The molecule has 0 spiro atoms. The Labute approximate surface area is 190 Å². The van der Waals surface area contributed by atoms with Crippen LogP contribution in [-0.4, -0.2) is 53.7 Å². The summed E-state index contributed by atoms with van der Waals surface area (Å²) in [5.74, 6) is -0.882. The Hall–Kier alpha value is -2.57. The van der Waals surface area contributed by atoms with Gasteiger partial charge in [0.25, 0.3) is 11.8 Å². The van der Waals surface area contributed by atoms with Crippen molar-refractivity contribution in [1.82, 2.24) is 24.6 Å². The van der Waals surface area contributed by atoms with Crippen LogP contribution in [0.25, 0.3) is 17.1 Å². The first-order valence-electron chi connectivity index (χ1n) is 10.9. The number of piperazine rings is 1. The van der Waals surface area contributed by atoms with Crippen LogP contribution in [0.3, 0.4) is 0 Å². The molecule has 0 bridgehead atoms. The molecule has 0 amide bonds. The molecule has 178 valence electrons. The zero-order valence-corrected chi connectivity index (χ0v) is 19.4. The Morgan fingerprint density at radius 3 is 2.52 bits per heavy atom. The van der Waals surface area contributed by atoms with Crippen LogP contribution in [0, 0.1) is 0 Å². The number of hydrogen-bond donors (Lipinski definition) is 2. The van der Waals surface area contributed by atoms with E-state index in [-0.39, 0.29) is 22.9 Å². The summed E-state index contributed by atoms with van der Waals surface area (Å²) in [6.45, 7) is 7.39. The van der Waals surface area contributed by atoms with Crippen molar-refractivity contribution in [2.45, 2.75) is 62.6 Å². The summed E-state index contributed by atoms with van der Waals surface area (Å²) in [4.78, 5) is 2.23. The first-order valence-corrected chi connectivity index (χ1v) is 12.3. The largest absolute Gasteiger partial charge is 0.414 e. The minimum Gasteiger partial charge on any atom is -0.414 e. The van der Waals surface area contributed by atoms with Gasteiger partial charge in [0.15, 0.2) is 0 Å². The fourth-order valence-electron chi connectivity index (χ4n) is 4.37. The van der Waals surface area contributed by atoms with Crippen LogP contribution in [-0.2, 0) is 10.0 Å². The van der Waals surface area contributed by atoms with Gasteiger partial charge in [0, 0.05) is 36.9 Å². The molecule has 4 heterocycles. The fraction of sp³-hybridized carbons (Fsp3) is 0.524. The van der Waals surface area contributed by atoms with Gasteiger partial charge < -0.3 is 19.0 Å². The smallest absolute Gasteiger partial charge is 0.314 e. The van der Waals surface area contributed by atoms with Crippen LogP contribution in [0.1, 0.15) is 45.9 Å². The highest BCUT2D eigenvalue weighted by molar-refractivity contribution is 7.89. The van der Waals surface area contributed by atoms with Crippen molar-refractivity contribution < 1.29 is 21.6 Å². The second-order valence-electron chi connectivity index (χ2n) is 9.32. The molecule has 1 saturated heterocycles. The van der Waals surface area contributed by atoms with Crippen LogP contribution in [0.15, 0.2) is 33.7 Å². The molecule has 0 unspecified atom stereocenters. The van der Waals surface area contributed by atoms with E-state index in [0.717, 1.165) is 24.0 Å². The molecule has 2 aliphatic rings. The Balaban J connectivity index is 1.67. The number of aromatic nitrogens is 3. The quantitative estimate of drug-likeness (QED) is 0.559. The zero-order valence-electron chi connectivity index (χ0n) is 18.5. The fourth-order valence-corrected chi connectivity index (χ4v) is 5.85. The van der Waals surface area contributed by atoms with Gasteiger partial charge in [-0.05, 0) is 51.8 Å². The number of alkyl halides is 2. The molecule has 1 saturated carbocycles. The van der Waals surface area contributed by atoms with Gasteiger partial charge in [-0.3, -0.25) is 0 Å². The summed E-state index contributed by atoms with van der Waals surface area (Å²) < 4.78 is 62.1. The SMILES string of the molecule is C[C@H]1CN(c2cc(S(=O)(=O)NC3(C)CC3)cn3c(-c4nnc(C(F)F)o4)ccc23)C[C@H](C)N1. The third-order valence-electron chi connectivity index (χ3n) is 6.15. The van der Waals surface area contributed by atoms with Gasteiger partial charge in [0.1, 0.15) is 10.6 Å². The lowest BCUT2D eigenvalue weighted by Gasteiger charge is -2.38. The van der Waals surface area contributed by atoms with Gasteiger partial charge in [-0.1, -0.05) is 0 Å². The Bertz CT molecular complexity index is 1290. The lowest BCUT2D eigenvalue weighted by molar-refractivity contribution is 0.116. The van der Waals surface area contributed by atoms with Gasteiger partial charge in [-0.25, -0.2) is 13.1 Å². The van der Waals surface area contributed by atoms with Gasteiger partial charge in [-0.2, -0.15) is 8.78 Å². The third-order valence-corrected chi connectivity index (χ3v) is 7.76. The number of pyridine rings is 1. The molecule has 9 nitrogen and oxygen atoms in total. The minimum absolute atomic E-state index is 0.0861. The molecular weight excluding hydrogens is 454 g/mol. The maximum Gasteiger partial charge on any atom is 0.314 e. The van der Waals surface area contributed by atoms with Crippen LogP contribution in [0.5, 0.6) is 0 Å². The predicted octanol–water partition coefficient (Wildman–Crippen LogP) is 2.94. The second-order valence-corrected chi connectivity index (χ2v) is 11.0. The molecule has 3 aromatic heterocycles. The molecule has 1 aliphatic carbocycles. The van der Waals surface area contributed by atoms with Crippen molar-refractivity contribution in [3.8, 4) is 11.6 Å². The number of hydrogen-bond acceptors (Lipinski definition) is 7. The summed E-state index contributed by atoms with van der Waals surface area (Å²) >= 11 is 0. The topological polar surface area (TPSA) is 105 Å². The summed E-state index contributed by atoms with van der Waals surface area (Å²) in [5.41, 5.74) is 1.36. The molecule has 33 heavy (non-hydrogen) atoms. The second kappa shape index (κ2) is 7.74. The maximum absolute atomic E-state index is 13.3. The molecular formula is C21H26F2N6O3S. The first-order chi connectivity index (χ1) is 15.5. The molecule has 2 fully saturated rings. The molecule has 0 radical (unpaired) electrons. The molecule has 12 heteroatoms. The lowest BCUT2D eigenvalue weighted by Crippen LogP contribution is -2.54. The highest BCUT2D eigenvalue weighted by atomic mass is 32.2. The van der Waals surface area contributed by atoms with Gasteiger partial charge in [-0.15, -0.1) is 10.2 Å². The molecule has 3 aromatic rings. The van der Waals surface area contributed by atoms with E-state index >= 15 is 0 Å². The highest BCUT2D eigenvalue weighted by Crippen LogP contribution is 2.37. The maximum atomic E-state index is 13.3. The van der Waals surface area contributed by atoms with Crippen LogP contribution in [0.4, 0.5) is 14.5 Å². The molecule has 1 aliphatic heterocycles. The summed E-state index contributed by atoms with van der Waals surface area (Å²) in [7, 11) is -3.82. The Morgan fingerprint density at radius 2 is 1.91 bits per heavy atom. The van der Waals surface area contributed by atoms with Crippen molar-refractivity contribution in [2.75, 3.05) is 18.0 Å². The minimum atomic E-state index is -3.82. The van der Waals surface area contributed by atoms with E-state index in [0.29, 0.717) is 18.8 Å². The number of nitrogens with one attached hydrogen (secondary N) is 2. The van der Waals surface area contributed by atoms with Gasteiger partial charge in [0.2, 0.25) is 10.0 Å². The standard InChI is InChI=1S/C21H26F2N6O3S/c1-12-9-28(10-13(2)24-12)17-8-14(33(30,31)27-21(3)6-7-21)11-29-15(17)4-5-16(29)19-25-26-20(32-19)18(22)23/h4-5,8,11-13,18,24,27H,6-7,9-10H2,1-3H3/t12-,13-/m0/s1. The molecule has 5 rings (SSSR count). The van der Waals surface area contributed by atoms with Crippen LogP contribution in [0.2, 0.25) is 0 Å². The van der Waals surface area contributed by atoms with Crippen molar-refractivity contribution >= 4 is 21.2 Å². The zero-order chi connectivity index (χ0) is 23.5. The van der Waals surface area contributed by atoms with E-state index in [1.54, 1.807) is 22.6 Å². The number of anilines is 1. The molecule has 2 N–H and O–H groups in total. The monoisotopic (exact) mass is 480 g/mol. The molecule has 0 aromatic carbocycles.